The second-order valence-electron chi connectivity index (χ2n) is 6.29. The van der Waals surface area contributed by atoms with Crippen LogP contribution in [0.3, 0.4) is 0 Å². The molecule has 4 rings (SSSR count). The number of thiophene rings is 1. The summed E-state index contributed by atoms with van der Waals surface area (Å²) in [5, 5.41) is 10.2. The highest BCUT2D eigenvalue weighted by atomic mass is 32.1. The van der Waals surface area contributed by atoms with Gasteiger partial charge in [-0.2, -0.15) is 5.26 Å². The van der Waals surface area contributed by atoms with E-state index in [2.05, 4.69) is 16.0 Å². The number of benzene rings is 1. The molecule has 0 aliphatic rings. The van der Waals surface area contributed by atoms with Crippen molar-refractivity contribution in [1.29, 1.82) is 5.26 Å². The van der Waals surface area contributed by atoms with E-state index in [1.807, 2.05) is 31.2 Å². The largest absolute Gasteiger partial charge is 0.397 e. The maximum absolute atomic E-state index is 12.9. The molecule has 136 valence electrons. The van der Waals surface area contributed by atoms with Crippen molar-refractivity contribution in [1.82, 2.24) is 9.97 Å². The third-order valence-corrected chi connectivity index (χ3v) is 5.56. The van der Waals surface area contributed by atoms with Gasteiger partial charge in [0.2, 0.25) is 5.78 Å². The van der Waals surface area contributed by atoms with Crippen molar-refractivity contribution in [2.24, 2.45) is 0 Å². The lowest BCUT2D eigenvalue weighted by molar-refractivity contribution is 0.103. The molecule has 0 saturated carbocycles. The number of ketones is 1. The molecule has 0 fully saturated rings. The topological polar surface area (TPSA) is 119 Å². The van der Waals surface area contributed by atoms with Gasteiger partial charge in [-0.3, -0.25) is 9.78 Å². The molecule has 4 aromatic rings. The van der Waals surface area contributed by atoms with Crippen LogP contribution in [0.1, 0.15) is 26.5 Å². The number of nitrogen functional groups attached to an aromatic ring is 2. The van der Waals surface area contributed by atoms with E-state index in [-0.39, 0.29) is 22.9 Å². The molecule has 6 nitrogen and oxygen atoms in total. The quantitative estimate of drug-likeness (QED) is 0.516. The number of aryl methyl sites for hydroxylation is 1. The van der Waals surface area contributed by atoms with Crippen LogP contribution in [0.4, 0.5) is 11.5 Å². The number of hydrogen-bond acceptors (Lipinski definition) is 7. The molecule has 0 aliphatic carbocycles. The van der Waals surface area contributed by atoms with E-state index < -0.39 is 0 Å². The number of pyridine rings is 2. The fraction of sp³-hybridized carbons (Fsp3) is 0.0476. The Morgan fingerprint density at radius 3 is 2.54 bits per heavy atom. The molecule has 3 heterocycles. The molecule has 0 unspecified atom stereocenters. The maximum Gasteiger partial charge on any atom is 0.223 e. The summed E-state index contributed by atoms with van der Waals surface area (Å²) in [6.45, 7) is 1.98. The molecule has 4 N–H and O–H groups in total. The van der Waals surface area contributed by atoms with E-state index in [0.717, 1.165) is 22.5 Å². The van der Waals surface area contributed by atoms with Crippen molar-refractivity contribution in [3.8, 4) is 17.2 Å². The third kappa shape index (κ3) is 2.76. The molecule has 0 aliphatic heterocycles. The number of fused-ring (bicyclic) bond motifs is 1. The predicted molar refractivity (Wildman–Crippen MR) is 111 cm³/mol. The van der Waals surface area contributed by atoms with Gasteiger partial charge in [0.25, 0.3) is 0 Å². The van der Waals surface area contributed by atoms with Gasteiger partial charge in [0.15, 0.2) is 0 Å². The third-order valence-electron chi connectivity index (χ3n) is 4.46. The SMILES string of the molecule is Cc1ccc(-c2c(C#N)c(N)nc3sc(C(=O)c4ccccn4)c(N)c23)cc1. The molecular weight excluding hydrogens is 370 g/mol. The molecule has 3 aromatic heterocycles. The Kier molecular flexibility index (Phi) is 4.26. The van der Waals surface area contributed by atoms with Gasteiger partial charge >= 0.3 is 0 Å². The lowest BCUT2D eigenvalue weighted by Gasteiger charge is -2.10. The number of nitrogens with two attached hydrogens (primary N) is 2. The summed E-state index contributed by atoms with van der Waals surface area (Å²) >= 11 is 1.16. The van der Waals surface area contributed by atoms with Crippen LogP contribution in [0.2, 0.25) is 0 Å². The molecular formula is C21H15N5OS. The van der Waals surface area contributed by atoms with Crippen molar-refractivity contribution in [3.63, 3.8) is 0 Å². The van der Waals surface area contributed by atoms with Crippen LogP contribution in [-0.4, -0.2) is 15.8 Å². The molecule has 28 heavy (non-hydrogen) atoms. The van der Waals surface area contributed by atoms with E-state index >= 15 is 0 Å². The van der Waals surface area contributed by atoms with Crippen LogP contribution in [0, 0.1) is 18.3 Å². The minimum Gasteiger partial charge on any atom is -0.397 e. The van der Waals surface area contributed by atoms with Crippen LogP contribution in [-0.2, 0) is 0 Å². The normalized spacial score (nSPS) is 10.7. The molecule has 1 aromatic carbocycles. The number of carbonyl (C=O) groups excluding carboxylic acids is 1. The fourth-order valence-corrected chi connectivity index (χ4v) is 4.13. The monoisotopic (exact) mass is 385 g/mol. The molecule has 7 heteroatoms. The zero-order chi connectivity index (χ0) is 19.8. The van der Waals surface area contributed by atoms with Crippen molar-refractivity contribution in [2.45, 2.75) is 6.92 Å². The summed E-state index contributed by atoms with van der Waals surface area (Å²) in [7, 11) is 0. The van der Waals surface area contributed by atoms with Gasteiger partial charge < -0.3 is 11.5 Å². The van der Waals surface area contributed by atoms with Gasteiger partial charge in [0.05, 0.1) is 5.69 Å². The van der Waals surface area contributed by atoms with E-state index in [1.165, 1.54) is 0 Å². The highest BCUT2D eigenvalue weighted by Crippen LogP contribution is 2.43. The van der Waals surface area contributed by atoms with Crippen molar-refractivity contribution >= 4 is 38.8 Å². The molecule has 0 saturated heterocycles. The van der Waals surface area contributed by atoms with Crippen molar-refractivity contribution < 1.29 is 4.79 Å². The number of nitriles is 1. The van der Waals surface area contributed by atoms with Gasteiger partial charge in [-0.1, -0.05) is 35.9 Å². The van der Waals surface area contributed by atoms with Crippen LogP contribution in [0.25, 0.3) is 21.3 Å². The lowest BCUT2D eigenvalue weighted by atomic mass is 9.96. The first-order valence-electron chi connectivity index (χ1n) is 8.45. The number of carbonyl (C=O) groups is 1. The van der Waals surface area contributed by atoms with Gasteiger partial charge in [-0.05, 0) is 24.6 Å². The molecule has 0 radical (unpaired) electrons. The van der Waals surface area contributed by atoms with Gasteiger partial charge in [-0.15, -0.1) is 11.3 Å². The first-order valence-corrected chi connectivity index (χ1v) is 9.27. The molecule has 0 amide bonds. The Balaban J connectivity index is 2.03. The standard InChI is InChI=1S/C21H15N5OS/c1-11-5-7-12(8-6-11)15-13(10-22)20(24)26-21-16(15)17(23)19(28-21)18(27)14-4-2-3-9-25-14/h2-9H,23H2,1H3,(H2,24,26). The Morgan fingerprint density at radius 2 is 1.89 bits per heavy atom. The Morgan fingerprint density at radius 1 is 1.14 bits per heavy atom. The predicted octanol–water partition coefficient (Wildman–Crippen LogP) is 3.93. The zero-order valence-electron chi connectivity index (χ0n) is 14.9. The van der Waals surface area contributed by atoms with Crippen LogP contribution >= 0.6 is 11.3 Å². The summed E-state index contributed by atoms with van der Waals surface area (Å²) in [6, 6.07) is 14.9. The molecule has 0 atom stereocenters. The number of rotatable bonds is 3. The van der Waals surface area contributed by atoms with Crippen molar-refractivity contribution in [3.05, 3.63) is 70.4 Å². The number of aromatic nitrogens is 2. The summed E-state index contributed by atoms with van der Waals surface area (Å²) < 4.78 is 0. The van der Waals surface area contributed by atoms with E-state index in [0.29, 0.717) is 26.4 Å². The number of hydrogen-bond donors (Lipinski definition) is 2. The first-order chi connectivity index (χ1) is 13.5. The Hall–Kier alpha value is -3.76. The smallest absolute Gasteiger partial charge is 0.223 e. The highest BCUT2D eigenvalue weighted by Gasteiger charge is 2.25. The number of nitrogens with zero attached hydrogens (tertiary/aromatic N) is 3. The maximum atomic E-state index is 12.9. The zero-order valence-corrected chi connectivity index (χ0v) is 15.7. The lowest BCUT2D eigenvalue weighted by Crippen LogP contribution is -2.04. The van der Waals surface area contributed by atoms with Gasteiger partial charge in [0, 0.05) is 17.1 Å². The summed E-state index contributed by atoms with van der Waals surface area (Å²) in [5.41, 5.74) is 15.7. The summed E-state index contributed by atoms with van der Waals surface area (Å²) in [4.78, 5) is 22.2. The van der Waals surface area contributed by atoms with Crippen LogP contribution in [0.5, 0.6) is 0 Å². The minimum atomic E-state index is -0.284. The minimum absolute atomic E-state index is 0.115. The summed E-state index contributed by atoms with van der Waals surface area (Å²) in [5.74, 6) is -0.170. The number of anilines is 2. The van der Waals surface area contributed by atoms with Crippen LogP contribution < -0.4 is 11.5 Å². The summed E-state index contributed by atoms with van der Waals surface area (Å²) in [6.07, 6.45) is 1.55. The van der Waals surface area contributed by atoms with Crippen molar-refractivity contribution in [2.75, 3.05) is 11.5 Å². The van der Waals surface area contributed by atoms with E-state index in [1.54, 1.807) is 24.4 Å². The fourth-order valence-electron chi connectivity index (χ4n) is 3.07. The average molecular weight is 385 g/mol. The van der Waals surface area contributed by atoms with Crippen LogP contribution in [0.15, 0.2) is 48.7 Å². The first kappa shape index (κ1) is 17.6. The average Bonchev–Trinajstić information content (AvgIpc) is 3.03. The van der Waals surface area contributed by atoms with Gasteiger partial charge in [0.1, 0.15) is 32.9 Å². The van der Waals surface area contributed by atoms with Gasteiger partial charge in [-0.25, -0.2) is 4.98 Å². The molecule has 0 bridgehead atoms. The highest BCUT2D eigenvalue weighted by molar-refractivity contribution is 7.21. The van der Waals surface area contributed by atoms with E-state index in [4.69, 9.17) is 11.5 Å². The van der Waals surface area contributed by atoms with E-state index in [9.17, 15) is 10.1 Å². The second kappa shape index (κ2) is 6.76. The second-order valence-corrected chi connectivity index (χ2v) is 7.29. The Labute approximate surface area is 165 Å². The Bertz CT molecular complexity index is 1250. The molecule has 0 spiro atoms.